The van der Waals surface area contributed by atoms with Crippen molar-refractivity contribution >= 4 is 28.3 Å². The summed E-state index contributed by atoms with van der Waals surface area (Å²) < 4.78 is 56.8. The van der Waals surface area contributed by atoms with Gasteiger partial charge in [0.25, 0.3) is 0 Å². The van der Waals surface area contributed by atoms with Crippen molar-refractivity contribution < 1.29 is 22.1 Å². The van der Waals surface area contributed by atoms with Crippen LogP contribution in [-0.2, 0) is 26.4 Å². The Balaban J connectivity index is 2.30. The Bertz CT molecular complexity index is 1130. The van der Waals surface area contributed by atoms with E-state index in [0.717, 1.165) is 5.69 Å². The van der Waals surface area contributed by atoms with Gasteiger partial charge in [0.05, 0.1) is 28.3 Å². The molecule has 3 rings (SSSR count). The van der Waals surface area contributed by atoms with E-state index in [1.165, 1.54) is 10.4 Å². The standard InChI is InChI=1S/C22H33BFN3O4S/c1-10-27(32(28,29)11-2)16-12-17(19-14(3)25-26(9)15(19)4)20(24)18(13-16)23-30-21(5,6)22(7,8)31-23/h12-13H,10-11H2,1-9H3. The van der Waals surface area contributed by atoms with Gasteiger partial charge < -0.3 is 9.31 Å². The molecule has 0 bridgehead atoms. The summed E-state index contributed by atoms with van der Waals surface area (Å²) in [5, 5.41) is 4.42. The highest BCUT2D eigenvalue weighted by Crippen LogP contribution is 2.38. The van der Waals surface area contributed by atoms with Crippen molar-refractivity contribution in [3.05, 3.63) is 29.3 Å². The number of sulfonamides is 1. The lowest BCUT2D eigenvalue weighted by atomic mass is 9.76. The van der Waals surface area contributed by atoms with Crippen molar-refractivity contribution in [3.63, 3.8) is 0 Å². The Morgan fingerprint density at radius 3 is 2.12 bits per heavy atom. The Morgan fingerprint density at radius 1 is 1.12 bits per heavy atom. The molecular weight excluding hydrogens is 432 g/mol. The number of nitrogens with zero attached hydrogens (tertiary/aromatic N) is 3. The van der Waals surface area contributed by atoms with Gasteiger partial charge >= 0.3 is 7.12 Å². The third kappa shape index (κ3) is 3.97. The minimum absolute atomic E-state index is 0.0652. The van der Waals surface area contributed by atoms with Gasteiger partial charge in [0.1, 0.15) is 5.82 Å². The summed E-state index contributed by atoms with van der Waals surface area (Å²) in [6.45, 7) is 14.8. The second-order valence-electron chi connectivity index (χ2n) is 9.22. The summed E-state index contributed by atoms with van der Waals surface area (Å²) in [4.78, 5) is 0. The average molecular weight is 465 g/mol. The summed E-state index contributed by atoms with van der Waals surface area (Å²) in [5.74, 6) is -0.568. The number of benzene rings is 1. The van der Waals surface area contributed by atoms with Crippen LogP contribution in [0.15, 0.2) is 12.1 Å². The molecular formula is C22H33BFN3O4S. The molecule has 0 saturated carbocycles. The molecule has 0 aliphatic carbocycles. The van der Waals surface area contributed by atoms with E-state index in [1.54, 1.807) is 31.6 Å². The van der Waals surface area contributed by atoms with Crippen LogP contribution >= 0.6 is 0 Å². The summed E-state index contributed by atoms with van der Waals surface area (Å²) in [7, 11) is -2.75. The van der Waals surface area contributed by atoms with Gasteiger partial charge in [-0.1, -0.05) is 0 Å². The third-order valence-electron chi connectivity index (χ3n) is 6.65. The van der Waals surface area contributed by atoms with Crippen LogP contribution in [0.5, 0.6) is 0 Å². The summed E-state index contributed by atoms with van der Waals surface area (Å²) in [6, 6.07) is 3.11. The van der Waals surface area contributed by atoms with Crippen molar-refractivity contribution in [2.45, 2.75) is 66.6 Å². The van der Waals surface area contributed by atoms with E-state index in [4.69, 9.17) is 9.31 Å². The molecule has 10 heteroatoms. The molecule has 1 aliphatic rings. The fourth-order valence-corrected chi connectivity index (χ4v) is 5.09. The van der Waals surface area contributed by atoms with Crippen molar-refractivity contribution in [2.75, 3.05) is 16.6 Å². The molecule has 0 spiro atoms. The van der Waals surface area contributed by atoms with E-state index < -0.39 is 34.2 Å². The average Bonchev–Trinajstić information content (AvgIpc) is 3.06. The Morgan fingerprint density at radius 2 is 1.69 bits per heavy atom. The normalized spacial score (nSPS) is 17.8. The van der Waals surface area contributed by atoms with E-state index in [0.29, 0.717) is 16.9 Å². The van der Waals surface area contributed by atoms with Crippen molar-refractivity contribution in [3.8, 4) is 11.1 Å². The molecule has 1 aliphatic heterocycles. The lowest BCUT2D eigenvalue weighted by Crippen LogP contribution is -2.41. The third-order valence-corrected chi connectivity index (χ3v) is 8.52. The number of halogens is 1. The van der Waals surface area contributed by atoms with E-state index in [-0.39, 0.29) is 23.3 Å². The molecule has 7 nitrogen and oxygen atoms in total. The number of aromatic nitrogens is 2. The molecule has 0 unspecified atom stereocenters. The predicted octanol–water partition coefficient (Wildman–Crippen LogP) is 3.32. The second kappa shape index (κ2) is 8.15. The van der Waals surface area contributed by atoms with Crippen molar-refractivity contribution in [1.29, 1.82) is 0 Å². The Labute approximate surface area is 191 Å². The van der Waals surface area contributed by atoms with E-state index >= 15 is 4.39 Å². The highest BCUT2D eigenvalue weighted by atomic mass is 32.2. The number of hydrogen-bond acceptors (Lipinski definition) is 5. The Kier molecular flexibility index (Phi) is 6.30. The highest BCUT2D eigenvalue weighted by molar-refractivity contribution is 7.92. The second-order valence-corrected chi connectivity index (χ2v) is 11.4. The summed E-state index contributed by atoms with van der Waals surface area (Å²) in [6.07, 6.45) is 0. The molecule has 0 N–H and O–H groups in total. The zero-order valence-corrected chi connectivity index (χ0v) is 21.2. The van der Waals surface area contributed by atoms with Gasteiger partial charge in [-0.3, -0.25) is 8.99 Å². The van der Waals surface area contributed by atoms with Crippen LogP contribution in [-0.4, -0.2) is 48.8 Å². The summed E-state index contributed by atoms with van der Waals surface area (Å²) >= 11 is 0. The van der Waals surface area contributed by atoms with Gasteiger partial charge in [0.2, 0.25) is 10.0 Å². The lowest BCUT2D eigenvalue weighted by Gasteiger charge is -2.32. The molecule has 2 heterocycles. The van der Waals surface area contributed by atoms with Gasteiger partial charge in [-0.25, -0.2) is 12.8 Å². The first-order chi connectivity index (χ1) is 14.7. The van der Waals surface area contributed by atoms with Crippen molar-refractivity contribution in [1.82, 2.24) is 9.78 Å². The largest absolute Gasteiger partial charge is 0.497 e. The SMILES string of the molecule is CCN(c1cc(B2OC(C)(C)C(C)(C)O2)c(F)c(-c2c(C)nn(C)c2C)c1)S(=O)(=O)CC. The maximum absolute atomic E-state index is 16.0. The monoisotopic (exact) mass is 465 g/mol. The quantitative estimate of drug-likeness (QED) is 0.612. The fourth-order valence-electron chi connectivity index (χ4n) is 3.96. The first-order valence-corrected chi connectivity index (χ1v) is 12.5. The molecule has 1 aromatic heterocycles. The van der Waals surface area contributed by atoms with Crippen LogP contribution in [0.4, 0.5) is 10.1 Å². The molecule has 2 aromatic rings. The molecule has 1 saturated heterocycles. The molecule has 176 valence electrons. The maximum Gasteiger partial charge on any atom is 0.497 e. The molecule has 0 radical (unpaired) electrons. The minimum atomic E-state index is -3.57. The van der Waals surface area contributed by atoms with Crippen molar-refractivity contribution in [2.24, 2.45) is 7.05 Å². The van der Waals surface area contributed by atoms with Gasteiger partial charge in [0.15, 0.2) is 0 Å². The van der Waals surface area contributed by atoms with Crippen LogP contribution in [0.3, 0.4) is 0 Å². The maximum atomic E-state index is 16.0. The highest BCUT2D eigenvalue weighted by Gasteiger charge is 2.52. The van der Waals surface area contributed by atoms with Crippen LogP contribution in [0.2, 0.25) is 0 Å². The van der Waals surface area contributed by atoms with Crippen LogP contribution < -0.4 is 9.77 Å². The van der Waals surface area contributed by atoms with Gasteiger partial charge in [0, 0.05) is 35.9 Å². The van der Waals surface area contributed by atoms with Gasteiger partial charge in [-0.2, -0.15) is 5.10 Å². The number of rotatable bonds is 6. The first kappa shape index (κ1) is 24.7. The van der Waals surface area contributed by atoms with Crippen LogP contribution in [0.1, 0.15) is 52.9 Å². The lowest BCUT2D eigenvalue weighted by molar-refractivity contribution is 0.00578. The summed E-state index contributed by atoms with van der Waals surface area (Å²) in [5.41, 5.74) is 1.55. The zero-order valence-electron chi connectivity index (χ0n) is 20.4. The smallest absolute Gasteiger partial charge is 0.399 e. The number of hydrogen-bond donors (Lipinski definition) is 0. The first-order valence-electron chi connectivity index (χ1n) is 10.9. The van der Waals surface area contributed by atoms with E-state index in [2.05, 4.69) is 5.10 Å². The van der Waals surface area contributed by atoms with Crippen LogP contribution in [0.25, 0.3) is 11.1 Å². The Hall–Kier alpha value is -1.91. The molecule has 0 atom stereocenters. The van der Waals surface area contributed by atoms with Crippen LogP contribution in [0, 0.1) is 19.7 Å². The fraction of sp³-hybridized carbons (Fsp3) is 0.591. The zero-order chi connectivity index (χ0) is 24.2. The van der Waals surface area contributed by atoms with Gasteiger partial charge in [-0.15, -0.1) is 0 Å². The predicted molar refractivity (Wildman–Crippen MR) is 126 cm³/mol. The topological polar surface area (TPSA) is 73.7 Å². The molecule has 1 aromatic carbocycles. The number of anilines is 1. The van der Waals surface area contributed by atoms with E-state index in [1.807, 2.05) is 41.5 Å². The minimum Gasteiger partial charge on any atom is -0.399 e. The molecule has 1 fully saturated rings. The molecule has 0 amide bonds. The van der Waals surface area contributed by atoms with Gasteiger partial charge in [-0.05, 0) is 67.5 Å². The van der Waals surface area contributed by atoms with E-state index in [9.17, 15) is 8.42 Å². The number of aryl methyl sites for hydroxylation is 2. The molecule has 32 heavy (non-hydrogen) atoms.